The van der Waals surface area contributed by atoms with Crippen LogP contribution in [0, 0.1) is 0 Å². The molecule has 0 bridgehead atoms. The highest BCUT2D eigenvalue weighted by molar-refractivity contribution is 7.09. The molecule has 2 aromatic rings. The van der Waals surface area contributed by atoms with Gasteiger partial charge < -0.3 is 5.32 Å². The van der Waals surface area contributed by atoms with Gasteiger partial charge in [0, 0.05) is 30.9 Å². The molecule has 1 atom stereocenters. The van der Waals surface area contributed by atoms with E-state index in [1.165, 1.54) is 5.69 Å². The zero-order valence-electron chi connectivity index (χ0n) is 10.3. The Bertz CT molecular complexity index is 435. The van der Waals surface area contributed by atoms with Crippen molar-refractivity contribution in [2.75, 3.05) is 0 Å². The van der Waals surface area contributed by atoms with Crippen LogP contribution in [0.3, 0.4) is 0 Å². The Morgan fingerprint density at radius 2 is 2.29 bits per heavy atom. The van der Waals surface area contributed by atoms with Gasteiger partial charge in [-0.25, -0.2) is 4.98 Å². The van der Waals surface area contributed by atoms with Crippen LogP contribution in [0.2, 0.25) is 0 Å². The summed E-state index contributed by atoms with van der Waals surface area (Å²) in [7, 11) is 0. The van der Waals surface area contributed by atoms with Crippen LogP contribution in [-0.2, 0) is 13.1 Å². The summed E-state index contributed by atoms with van der Waals surface area (Å²) in [5, 5.41) is 11.0. The third-order valence-corrected chi connectivity index (χ3v) is 3.68. The second-order valence-corrected chi connectivity index (χ2v) is 4.78. The van der Waals surface area contributed by atoms with E-state index in [-0.39, 0.29) is 0 Å². The molecule has 2 aromatic heterocycles. The Kier molecular flexibility index (Phi) is 4.28. The van der Waals surface area contributed by atoms with Crippen LogP contribution in [0.25, 0.3) is 0 Å². The average Bonchev–Trinajstić information content (AvgIpc) is 2.99. The summed E-state index contributed by atoms with van der Waals surface area (Å²) < 4.78 is 2.02. The van der Waals surface area contributed by atoms with Crippen LogP contribution in [0.5, 0.6) is 0 Å². The Morgan fingerprint density at radius 3 is 2.94 bits per heavy atom. The molecule has 17 heavy (non-hydrogen) atoms. The topological polar surface area (TPSA) is 42.7 Å². The number of nitrogens with one attached hydrogen (secondary N) is 1. The molecule has 2 rings (SSSR count). The van der Waals surface area contributed by atoms with Crippen molar-refractivity contribution in [2.45, 2.75) is 39.4 Å². The predicted molar refractivity (Wildman–Crippen MR) is 69.9 cm³/mol. The van der Waals surface area contributed by atoms with Crippen molar-refractivity contribution in [3.63, 3.8) is 0 Å². The molecule has 2 heterocycles. The number of aryl methyl sites for hydroxylation is 1. The minimum atomic E-state index is 0.343. The van der Waals surface area contributed by atoms with E-state index in [0.717, 1.165) is 24.5 Å². The van der Waals surface area contributed by atoms with E-state index in [1.54, 1.807) is 11.3 Å². The molecule has 0 aliphatic heterocycles. The number of thiazole rings is 1. The second-order valence-electron chi connectivity index (χ2n) is 3.85. The molecule has 0 spiro atoms. The normalized spacial score (nSPS) is 12.8. The van der Waals surface area contributed by atoms with Gasteiger partial charge in [-0.15, -0.1) is 11.3 Å². The molecule has 92 valence electrons. The van der Waals surface area contributed by atoms with Crippen molar-refractivity contribution in [3.05, 3.63) is 34.5 Å². The molecule has 4 nitrogen and oxygen atoms in total. The summed E-state index contributed by atoms with van der Waals surface area (Å²) in [6.45, 7) is 6.04. The van der Waals surface area contributed by atoms with Gasteiger partial charge in [-0.3, -0.25) is 4.68 Å². The van der Waals surface area contributed by atoms with Gasteiger partial charge in [0.25, 0.3) is 0 Å². The first-order valence-corrected chi connectivity index (χ1v) is 6.86. The zero-order chi connectivity index (χ0) is 12.1. The van der Waals surface area contributed by atoms with Gasteiger partial charge in [0.05, 0.1) is 11.7 Å². The van der Waals surface area contributed by atoms with Gasteiger partial charge in [0.2, 0.25) is 0 Å². The van der Waals surface area contributed by atoms with E-state index >= 15 is 0 Å². The Hall–Kier alpha value is -1.20. The number of hydrogen-bond acceptors (Lipinski definition) is 4. The van der Waals surface area contributed by atoms with Gasteiger partial charge in [-0.1, -0.05) is 6.92 Å². The van der Waals surface area contributed by atoms with Crippen molar-refractivity contribution in [1.82, 2.24) is 20.1 Å². The van der Waals surface area contributed by atoms with Gasteiger partial charge in [0.1, 0.15) is 5.01 Å². The maximum Gasteiger partial charge on any atom is 0.109 e. The largest absolute Gasteiger partial charge is 0.302 e. The van der Waals surface area contributed by atoms with E-state index in [4.69, 9.17) is 0 Å². The fourth-order valence-corrected chi connectivity index (χ4v) is 2.63. The molecule has 5 heteroatoms. The molecule has 0 saturated heterocycles. The molecule has 0 aliphatic rings. The molecule has 0 aromatic carbocycles. The van der Waals surface area contributed by atoms with Gasteiger partial charge in [-0.2, -0.15) is 5.10 Å². The first kappa shape index (κ1) is 12.3. The van der Waals surface area contributed by atoms with E-state index in [2.05, 4.69) is 35.3 Å². The quantitative estimate of drug-likeness (QED) is 0.857. The number of nitrogens with zero attached hydrogens (tertiary/aromatic N) is 3. The van der Waals surface area contributed by atoms with Crippen LogP contribution < -0.4 is 5.32 Å². The SMILES string of the molecule is CCC(NCc1ccnn1CC)c1nccs1. The first-order chi connectivity index (χ1) is 8.35. The average molecular weight is 250 g/mol. The van der Waals surface area contributed by atoms with Crippen molar-refractivity contribution >= 4 is 11.3 Å². The van der Waals surface area contributed by atoms with Gasteiger partial charge in [0.15, 0.2) is 0 Å². The van der Waals surface area contributed by atoms with Crippen molar-refractivity contribution in [3.8, 4) is 0 Å². The number of aromatic nitrogens is 3. The maximum absolute atomic E-state index is 4.36. The van der Waals surface area contributed by atoms with E-state index < -0.39 is 0 Å². The highest BCUT2D eigenvalue weighted by atomic mass is 32.1. The monoisotopic (exact) mass is 250 g/mol. The lowest BCUT2D eigenvalue weighted by Crippen LogP contribution is -2.22. The smallest absolute Gasteiger partial charge is 0.109 e. The molecule has 0 amide bonds. The summed E-state index contributed by atoms with van der Waals surface area (Å²) in [6.07, 6.45) is 4.76. The first-order valence-electron chi connectivity index (χ1n) is 5.98. The molecule has 0 radical (unpaired) electrons. The maximum atomic E-state index is 4.36. The van der Waals surface area contributed by atoms with E-state index in [9.17, 15) is 0 Å². The zero-order valence-corrected chi connectivity index (χ0v) is 11.1. The number of rotatable bonds is 6. The van der Waals surface area contributed by atoms with Crippen LogP contribution in [0.15, 0.2) is 23.8 Å². The highest BCUT2D eigenvalue weighted by Crippen LogP contribution is 2.19. The summed E-state index contributed by atoms with van der Waals surface area (Å²) >= 11 is 1.71. The molecule has 1 N–H and O–H groups in total. The standard InChI is InChI=1S/C12H18N4S/c1-3-11(12-13-7-8-17-12)14-9-10-5-6-15-16(10)4-2/h5-8,11,14H,3-4,9H2,1-2H3. The molecular formula is C12H18N4S. The Balaban J connectivity index is 1.97. The highest BCUT2D eigenvalue weighted by Gasteiger charge is 2.11. The van der Waals surface area contributed by atoms with Crippen molar-refractivity contribution in [2.24, 2.45) is 0 Å². The predicted octanol–water partition coefficient (Wildman–Crippen LogP) is 2.60. The third kappa shape index (κ3) is 2.92. The molecule has 1 unspecified atom stereocenters. The Morgan fingerprint density at radius 1 is 1.41 bits per heavy atom. The second kappa shape index (κ2) is 5.93. The van der Waals surface area contributed by atoms with Crippen molar-refractivity contribution < 1.29 is 0 Å². The van der Waals surface area contributed by atoms with Crippen molar-refractivity contribution in [1.29, 1.82) is 0 Å². The van der Waals surface area contributed by atoms with Gasteiger partial charge >= 0.3 is 0 Å². The minimum absolute atomic E-state index is 0.343. The molecular weight excluding hydrogens is 232 g/mol. The lowest BCUT2D eigenvalue weighted by atomic mass is 10.2. The van der Waals surface area contributed by atoms with Crippen LogP contribution >= 0.6 is 11.3 Å². The van der Waals surface area contributed by atoms with E-state index in [0.29, 0.717) is 6.04 Å². The summed E-state index contributed by atoms with van der Waals surface area (Å²) in [6, 6.07) is 2.40. The minimum Gasteiger partial charge on any atom is -0.302 e. The Labute approximate surface area is 106 Å². The van der Waals surface area contributed by atoms with E-state index in [1.807, 2.05) is 22.5 Å². The van der Waals surface area contributed by atoms with Crippen LogP contribution in [0.4, 0.5) is 0 Å². The number of hydrogen-bond donors (Lipinski definition) is 1. The molecule has 0 aliphatic carbocycles. The van der Waals surface area contributed by atoms with Crippen LogP contribution in [0.1, 0.15) is 37.0 Å². The lowest BCUT2D eigenvalue weighted by molar-refractivity contribution is 0.493. The summed E-state index contributed by atoms with van der Waals surface area (Å²) in [5.41, 5.74) is 1.22. The fourth-order valence-electron chi connectivity index (χ4n) is 1.84. The summed E-state index contributed by atoms with van der Waals surface area (Å²) in [4.78, 5) is 4.36. The molecule has 0 saturated carbocycles. The van der Waals surface area contributed by atoms with Crippen LogP contribution in [-0.4, -0.2) is 14.8 Å². The summed E-state index contributed by atoms with van der Waals surface area (Å²) in [5.74, 6) is 0. The fraction of sp³-hybridized carbons (Fsp3) is 0.500. The van der Waals surface area contributed by atoms with Gasteiger partial charge in [-0.05, 0) is 19.4 Å². The lowest BCUT2D eigenvalue weighted by Gasteiger charge is -2.14. The molecule has 0 fully saturated rings. The third-order valence-electron chi connectivity index (χ3n) is 2.79.